The number of halogens is 2. The third-order valence-corrected chi connectivity index (χ3v) is 4.73. The summed E-state index contributed by atoms with van der Waals surface area (Å²) in [6.45, 7) is 0. The summed E-state index contributed by atoms with van der Waals surface area (Å²) in [5, 5.41) is 11.9. The van der Waals surface area contributed by atoms with Crippen LogP contribution in [0.3, 0.4) is 0 Å². The monoisotopic (exact) mass is 437 g/mol. The molecule has 0 aliphatic carbocycles. The highest BCUT2D eigenvalue weighted by molar-refractivity contribution is 9.10. The van der Waals surface area contributed by atoms with Gasteiger partial charge in [-0.15, -0.1) is 10.2 Å². The van der Waals surface area contributed by atoms with Gasteiger partial charge in [-0.25, -0.2) is 0 Å². The average molecular weight is 439 g/mol. The van der Waals surface area contributed by atoms with Gasteiger partial charge >= 0.3 is 0 Å². The van der Waals surface area contributed by atoms with Crippen LogP contribution < -0.4 is 5.32 Å². The predicted molar refractivity (Wildman–Crippen MR) is 103 cm³/mol. The standard InChI is InChI=1S/C17H13BrClN3O2S/c18-12-3-1-2-11(10-12)16-21-22-17(24-16)25-9-8-15(23)20-14-6-4-13(19)5-7-14/h1-7,10H,8-9H2,(H,20,23). The molecule has 0 aliphatic heterocycles. The molecule has 0 unspecified atom stereocenters. The van der Waals surface area contributed by atoms with Gasteiger partial charge in [-0.05, 0) is 42.5 Å². The molecular formula is C17H13BrClN3O2S. The van der Waals surface area contributed by atoms with Crippen molar-refractivity contribution in [2.24, 2.45) is 0 Å². The van der Waals surface area contributed by atoms with Crippen molar-refractivity contribution in [2.45, 2.75) is 11.6 Å². The van der Waals surface area contributed by atoms with Crippen LogP contribution in [0.25, 0.3) is 11.5 Å². The van der Waals surface area contributed by atoms with E-state index >= 15 is 0 Å². The Balaban J connectivity index is 1.49. The van der Waals surface area contributed by atoms with Gasteiger partial charge in [0.25, 0.3) is 5.22 Å². The molecule has 2 aromatic carbocycles. The Labute approximate surface area is 162 Å². The van der Waals surface area contributed by atoms with Crippen LogP contribution >= 0.6 is 39.3 Å². The quantitative estimate of drug-likeness (QED) is 0.531. The van der Waals surface area contributed by atoms with Crippen molar-refractivity contribution in [2.75, 3.05) is 11.1 Å². The molecule has 0 aliphatic rings. The molecule has 1 aromatic heterocycles. The highest BCUT2D eigenvalue weighted by Crippen LogP contribution is 2.25. The van der Waals surface area contributed by atoms with Crippen molar-refractivity contribution < 1.29 is 9.21 Å². The second-order valence-electron chi connectivity index (χ2n) is 5.04. The molecule has 0 spiro atoms. The second kappa shape index (κ2) is 8.51. The number of carbonyl (C=O) groups is 1. The third kappa shape index (κ3) is 5.32. The lowest BCUT2D eigenvalue weighted by Crippen LogP contribution is -2.11. The maximum absolute atomic E-state index is 11.9. The van der Waals surface area contributed by atoms with Gasteiger partial charge < -0.3 is 9.73 Å². The Bertz CT molecular complexity index is 870. The number of anilines is 1. The zero-order valence-corrected chi connectivity index (χ0v) is 16.1. The van der Waals surface area contributed by atoms with E-state index in [4.69, 9.17) is 16.0 Å². The fourth-order valence-corrected chi connectivity index (χ4v) is 3.22. The van der Waals surface area contributed by atoms with Gasteiger partial charge in [0.15, 0.2) is 0 Å². The second-order valence-corrected chi connectivity index (χ2v) is 7.44. The number of thioether (sulfide) groups is 1. The predicted octanol–water partition coefficient (Wildman–Crippen LogP) is 5.27. The number of nitrogens with one attached hydrogen (secondary N) is 1. The van der Waals surface area contributed by atoms with E-state index in [0.29, 0.717) is 34.0 Å². The summed E-state index contributed by atoms with van der Waals surface area (Å²) < 4.78 is 6.55. The van der Waals surface area contributed by atoms with Crippen molar-refractivity contribution in [3.63, 3.8) is 0 Å². The van der Waals surface area contributed by atoms with Gasteiger partial charge in [0.2, 0.25) is 11.8 Å². The number of hydrogen-bond donors (Lipinski definition) is 1. The third-order valence-electron chi connectivity index (χ3n) is 3.16. The first-order chi connectivity index (χ1) is 12.1. The fraction of sp³-hybridized carbons (Fsp3) is 0.118. The normalized spacial score (nSPS) is 10.6. The van der Waals surface area contributed by atoms with E-state index < -0.39 is 0 Å². The number of amides is 1. The maximum atomic E-state index is 11.9. The number of aromatic nitrogens is 2. The molecular weight excluding hydrogens is 426 g/mol. The molecule has 8 heteroatoms. The van der Waals surface area contributed by atoms with Gasteiger partial charge in [0, 0.05) is 32.9 Å². The molecule has 25 heavy (non-hydrogen) atoms. The fourth-order valence-electron chi connectivity index (χ4n) is 1.99. The SMILES string of the molecule is O=C(CCSc1nnc(-c2cccc(Br)c2)o1)Nc1ccc(Cl)cc1. The summed E-state index contributed by atoms with van der Waals surface area (Å²) >= 11 is 10.6. The number of carbonyl (C=O) groups excluding carboxylic acids is 1. The van der Waals surface area contributed by atoms with E-state index in [0.717, 1.165) is 10.0 Å². The summed E-state index contributed by atoms with van der Waals surface area (Å²) in [7, 11) is 0. The molecule has 1 N–H and O–H groups in total. The average Bonchev–Trinajstić information content (AvgIpc) is 3.06. The molecule has 1 heterocycles. The lowest BCUT2D eigenvalue weighted by atomic mass is 10.2. The molecule has 0 atom stereocenters. The highest BCUT2D eigenvalue weighted by atomic mass is 79.9. The smallest absolute Gasteiger partial charge is 0.276 e. The lowest BCUT2D eigenvalue weighted by molar-refractivity contribution is -0.115. The minimum absolute atomic E-state index is 0.0819. The number of benzene rings is 2. The minimum Gasteiger partial charge on any atom is -0.411 e. The Morgan fingerprint density at radius 3 is 2.76 bits per heavy atom. The Kier molecular flexibility index (Phi) is 6.12. The molecule has 0 bridgehead atoms. The maximum Gasteiger partial charge on any atom is 0.276 e. The van der Waals surface area contributed by atoms with Gasteiger partial charge in [-0.1, -0.05) is 45.4 Å². The Morgan fingerprint density at radius 1 is 1.20 bits per heavy atom. The van der Waals surface area contributed by atoms with E-state index in [9.17, 15) is 4.79 Å². The zero-order chi connectivity index (χ0) is 17.6. The van der Waals surface area contributed by atoms with Gasteiger partial charge in [0.05, 0.1) is 0 Å². The highest BCUT2D eigenvalue weighted by Gasteiger charge is 2.10. The molecule has 3 aromatic rings. The summed E-state index contributed by atoms with van der Waals surface area (Å²) in [5.74, 6) is 0.912. The molecule has 128 valence electrons. The molecule has 0 saturated heterocycles. The first kappa shape index (κ1) is 18.0. The zero-order valence-electron chi connectivity index (χ0n) is 12.9. The first-order valence-electron chi connectivity index (χ1n) is 7.38. The van der Waals surface area contributed by atoms with Crippen LogP contribution in [0, 0.1) is 0 Å². The van der Waals surface area contributed by atoms with Crippen molar-refractivity contribution in [3.8, 4) is 11.5 Å². The van der Waals surface area contributed by atoms with Crippen LogP contribution in [0.15, 0.2) is 62.6 Å². The summed E-state index contributed by atoms with van der Waals surface area (Å²) in [6.07, 6.45) is 0.335. The topological polar surface area (TPSA) is 68.0 Å². The molecule has 5 nitrogen and oxygen atoms in total. The number of nitrogens with zero attached hydrogens (tertiary/aromatic N) is 2. The van der Waals surface area contributed by atoms with E-state index in [2.05, 4.69) is 31.4 Å². The van der Waals surface area contributed by atoms with E-state index in [-0.39, 0.29) is 5.91 Å². The lowest BCUT2D eigenvalue weighted by Gasteiger charge is -2.04. The van der Waals surface area contributed by atoms with Crippen LogP contribution in [0.5, 0.6) is 0 Å². The van der Waals surface area contributed by atoms with Crippen molar-refractivity contribution in [1.82, 2.24) is 10.2 Å². The Morgan fingerprint density at radius 2 is 2.00 bits per heavy atom. The van der Waals surface area contributed by atoms with Gasteiger partial charge in [-0.2, -0.15) is 0 Å². The molecule has 0 saturated carbocycles. The van der Waals surface area contributed by atoms with E-state index in [1.807, 2.05) is 24.3 Å². The minimum atomic E-state index is -0.0819. The summed E-state index contributed by atoms with van der Waals surface area (Å²) in [5.41, 5.74) is 1.56. The van der Waals surface area contributed by atoms with Crippen LogP contribution in [-0.2, 0) is 4.79 Å². The molecule has 0 fully saturated rings. The molecule has 1 amide bonds. The Hall–Kier alpha value is -1.83. The summed E-state index contributed by atoms with van der Waals surface area (Å²) in [6, 6.07) is 14.6. The van der Waals surface area contributed by atoms with Gasteiger partial charge in [-0.3, -0.25) is 4.79 Å². The van der Waals surface area contributed by atoms with Crippen molar-refractivity contribution in [3.05, 3.63) is 58.0 Å². The van der Waals surface area contributed by atoms with Gasteiger partial charge in [0.1, 0.15) is 0 Å². The van der Waals surface area contributed by atoms with Crippen LogP contribution in [0.4, 0.5) is 5.69 Å². The largest absolute Gasteiger partial charge is 0.411 e. The first-order valence-corrected chi connectivity index (χ1v) is 9.53. The van der Waals surface area contributed by atoms with Crippen LogP contribution in [0.2, 0.25) is 5.02 Å². The summed E-state index contributed by atoms with van der Waals surface area (Å²) in [4.78, 5) is 11.9. The molecule has 0 radical (unpaired) electrons. The van der Waals surface area contributed by atoms with Crippen LogP contribution in [-0.4, -0.2) is 21.9 Å². The van der Waals surface area contributed by atoms with Crippen molar-refractivity contribution >= 4 is 50.9 Å². The van der Waals surface area contributed by atoms with Crippen molar-refractivity contribution in [1.29, 1.82) is 0 Å². The van der Waals surface area contributed by atoms with E-state index in [1.54, 1.807) is 24.3 Å². The number of hydrogen-bond acceptors (Lipinski definition) is 5. The van der Waals surface area contributed by atoms with Crippen LogP contribution in [0.1, 0.15) is 6.42 Å². The molecule has 3 rings (SSSR count). The van der Waals surface area contributed by atoms with E-state index in [1.165, 1.54) is 11.8 Å². The number of rotatable bonds is 6.